The van der Waals surface area contributed by atoms with Gasteiger partial charge in [-0.1, -0.05) is 0 Å². The minimum absolute atomic E-state index is 0.0115. The van der Waals surface area contributed by atoms with E-state index >= 15 is 0 Å². The van der Waals surface area contributed by atoms with Crippen LogP contribution in [0.25, 0.3) is 0 Å². The molecular formula is C10H14N2O5S. The molecule has 1 aliphatic heterocycles. The number of hydrogen-bond acceptors (Lipinski definition) is 5. The van der Waals surface area contributed by atoms with Gasteiger partial charge in [-0.3, -0.25) is 19.3 Å². The van der Waals surface area contributed by atoms with Crippen molar-refractivity contribution in [1.29, 1.82) is 0 Å². The zero-order chi connectivity index (χ0) is 13.7. The van der Waals surface area contributed by atoms with E-state index in [9.17, 15) is 19.2 Å². The number of rotatable bonds is 6. The zero-order valence-corrected chi connectivity index (χ0v) is 10.5. The molecule has 1 atom stereocenters. The predicted octanol–water partition coefficient (Wildman–Crippen LogP) is -0.975. The molecule has 3 amide bonds. The van der Waals surface area contributed by atoms with Crippen molar-refractivity contribution >= 4 is 36.3 Å². The lowest BCUT2D eigenvalue weighted by atomic mass is 10.3. The summed E-state index contributed by atoms with van der Waals surface area (Å²) in [6, 6.07) is -1.06. The van der Waals surface area contributed by atoms with Gasteiger partial charge < -0.3 is 10.4 Å². The van der Waals surface area contributed by atoms with E-state index in [2.05, 4.69) is 17.9 Å². The van der Waals surface area contributed by atoms with Gasteiger partial charge in [-0.15, -0.1) is 0 Å². The van der Waals surface area contributed by atoms with E-state index < -0.39 is 17.9 Å². The summed E-state index contributed by atoms with van der Waals surface area (Å²) < 4.78 is 0. The van der Waals surface area contributed by atoms with Crippen molar-refractivity contribution in [2.45, 2.75) is 25.3 Å². The van der Waals surface area contributed by atoms with Crippen LogP contribution < -0.4 is 5.32 Å². The topological polar surface area (TPSA) is 104 Å². The Morgan fingerprint density at radius 3 is 2.33 bits per heavy atom. The lowest BCUT2D eigenvalue weighted by Gasteiger charge is -2.15. The average Bonchev–Trinajstić information content (AvgIpc) is 2.63. The van der Waals surface area contributed by atoms with Gasteiger partial charge in [0.1, 0.15) is 6.04 Å². The molecule has 0 saturated carbocycles. The third kappa shape index (κ3) is 3.73. The molecule has 1 rings (SSSR count). The number of nitrogens with one attached hydrogen (secondary N) is 1. The van der Waals surface area contributed by atoms with Crippen molar-refractivity contribution in [2.24, 2.45) is 0 Å². The number of carbonyl (C=O) groups excluding carboxylic acids is 3. The summed E-state index contributed by atoms with van der Waals surface area (Å²) in [4.78, 5) is 45.6. The van der Waals surface area contributed by atoms with Gasteiger partial charge in [-0.25, -0.2) is 4.79 Å². The van der Waals surface area contributed by atoms with Crippen LogP contribution in [0.5, 0.6) is 0 Å². The lowest BCUT2D eigenvalue weighted by molar-refractivity contribution is -0.142. The second kappa shape index (κ2) is 6.39. The highest BCUT2D eigenvalue weighted by Gasteiger charge is 2.29. The summed E-state index contributed by atoms with van der Waals surface area (Å²) >= 11 is 3.80. The average molecular weight is 274 g/mol. The van der Waals surface area contributed by atoms with Crippen LogP contribution in [-0.4, -0.2) is 52.0 Å². The van der Waals surface area contributed by atoms with Gasteiger partial charge in [-0.2, -0.15) is 12.6 Å². The van der Waals surface area contributed by atoms with Crippen LogP contribution in [0.2, 0.25) is 0 Å². The Labute approximate surface area is 109 Å². The molecule has 1 aliphatic rings. The second-order valence-electron chi connectivity index (χ2n) is 3.83. The largest absolute Gasteiger partial charge is 0.480 e. The molecule has 0 spiro atoms. The highest BCUT2D eigenvalue weighted by Crippen LogP contribution is 2.11. The first-order valence-electron chi connectivity index (χ1n) is 5.42. The van der Waals surface area contributed by atoms with Crippen LogP contribution in [-0.2, 0) is 19.2 Å². The molecule has 0 aromatic heterocycles. The SMILES string of the molecule is O=C(CCN1C(=O)CCC1=O)N[C@@H](CS)C(=O)O. The van der Waals surface area contributed by atoms with Gasteiger partial charge in [0.2, 0.25) is 17.7 Å². The maximum atomic E-state index is 11.4. The molecule has 0 bridgehead atoms. The molecule has 1 fully saturated rings. The number of carbonyl (C=O) groups is 4. The van der Waals surface area contributed by atoms with E-state index in [0.29, 0.717) is 0 Å². The third-order valence-corrected chi connectivity index (χ3v) is 2.90. The number of imide groups is 1. The van der Waals surface area contributed by atoms with Crippen molar-refractivity contribution < 1.29 is 24.3 Å². The van der Waals surface area contributed by atoms with E-state index in [1.165, 1.54) is 0 Å². The van der Waals surface area contributed by atoms with E-state index in [1.54, 1.807) is 0 Å². The normalized spacial score (nSPS) is 16.8. The monoisotopic (exact) mass is 274 g/mol. The molecular weight excluding hydrogens is 260 g/mol. The molecule has 100 valence electrons. The molecule has 0 radical (unpaired) electrons. The van der Waals surface area contributed by atoms with E-state index in [1.807, 2.05) is 0 Å². The molecule has 1 saturated heterocycles. The Hall–Kier alpha value is -1.57. The fourth-order valence-corrected chi connectivity index (χ4v) is 1.79. The van der Waals surface area contributed by atoms with Gasteiger partial charge >= 0.3 is 5.97 Å². The number of amides is 3. The van der Waals surface area contributed by atoms with Crippen LogP contribution >= 0.6 is 12.6 Å². The predicted molar refractivity (Wildman–Crippen MR) is 64.0 cm³/mol. The molecule has 18 heavy (non-hydrogen) atoms. The second-order valence-corrected chi connectivity index (χ2v) is 4.20. The van der Waals surface area contributed by atoms with Crippen molar-refractivity contribution in [3.63, 3.8) is 0 Å². The van der Waals surface area contributed by atoms with Gasteiger partial charge in [0, 0.05) is 31.6 Å². The van der Waals surface area contributed by atoms with Crippen LogP contribution in [0.15, 0.2) is 0 Å². The van der Waals surface area contributed by atoms with Crippen molar-refractivity contribution in [3.05, 3.63) is 0 Å². The van der Waals surface area contributed by atoms with Crippen LogP contribution in [0.1, 0.15) is 19.3 Å². The smallest absolute Gasteiger partial charge is 0.327 e. The number of thiol groups is 1. The highest BCUT2D eigenvalue weighted by molar-refractivity contribution is 7.80. The maximum absolute atomic E-state index is 11.4. The Morgan fingerprint density at radius 1 is 1.33 bits per heavy atom. The van der Waals surface area contributed by atoms with E-state index in [4.69, 9.17) is 5.11 Å². The Balaban J connectivity index is 2.39. The molecule has 0 aliphatic carbocycles. The number of likely N-dealkylation sites (tertiary alicyclic amines) is 1. The summed E-state index contributed by atoms with van der Waals surface area (Å²) in [5.74, 6) is -2.31. The summed E-state index contributed by atoms with van der Waals surface area (Å²) in [5.41, 5.74) is 0. The van der Waals surface area contributed by atoms with Crippen LogP contribution in [0.3, 0.4) is 0 Å². The molecule has 0 unspecified atom stereocenters. The fourth-order valence-electron chi connectivity index (χ4n) is 1.54. The molecule has 2 N–H and O–H groups in total. The Bertz CT molecular complexity index is 368. The van der Waals surface area contributed by atoms with Gasteiger partial charge in [-0.05, 0) is 0 Å². The minimum atomic E-state index is -1.17. The highest BCUT2D eigenvalue weighted by atomic mass is 32.1. The summed E-state index contributed by atoms with van der Waals surface area (Å²) in [7, 11) is 0. The first-order valence-corrected chi connectivity index (χ1v) is 6.05. The Morgan fingerprint density at radius 2 is 1.89 bits per heavy atom. The van der Waals surface area contributed by atoms with Crippen molar-refractivity contribution in [1.82, 2.24) is 10.2 Å². The van der Waals surface area contributed by atoms with Crippen LogP contribution in [0.4, 0.5) is 0 Å². The number of carboxylic acids is 1. The maximum Gasteiger partial charge on any atom is 0.327 e. The quantitative estimate of drug-likeness (QED) is 0.427. The van der Waals surface area contributed by atoms with E-state index in [-0.39, 0.29) is 43.4 Å². The molecule has 7 nitrogen and oxygen atoms in total. The fraction of sp³-hybridized carbons (Fsp3) is 0.600. The lowest BCUT2D eigenvalue weighted by Crippen LogP contribution is -2.43. The number of hydrogen-bond donors (Lipinski definition) is 3. The first kappa shape index (κ1) is 14.5. The van der Waals surface area contributed by atoms with Crippen molar-refractivity contribution in [2.75, 3.05) is 12.3 Å². The first-order chi connectivity index (χ1) is 8.45. The van der Waals surface area contributed by atoms with Gasteiger partial charge in [0.25, 0.3) is 0 Å². The molecule has 0 aromatic rings. The van der Waals surface area contributed by atoms with Crippen LogP contribution in [0, 0.1) is 0 Å². The number of aliphatic carboxylic acids is 1. The van der Waals surface area contributed by atoms with Gasteiger partial charge in [0.05, 0.1) is 0 Å². The standard InChI is InChI=1S/C10H14N2O5S/c13-7(11-6(5-18)10(16)17)3-4-12-8(14)1-2-9(12)15/h6,18H,1-5H2,(H,11,13)(H,16,17)/t6-/m0/s1. The Kier molecular flexibility index (Phi) is 5.14. The summed E-state index contributed by atoms with van der Waals surface area (Å²) in [5, 5.41) is 11.0. The zero-order valence-electron chi connectivity index (χ0n) is 9.59. The van der Waals surface area contributed by atoms with Gasteiger partial charge in [0.15, 0.2) is 0 Å². The van der Waals surface area contributed by atoms with E-state index in [0.717, 1.165) is 4.90 Å². The summed E-state index contributed by atoms with van der Waals surface area (Å²) in [6.45, 7) is -0.0115. The third-order valence-electron chi connectivity index (χ3n) is 2.53. The minimum Gasteiger partial charge on any atom is -0.480 e. The number of carboxylic acid groups (broad SMARTS) is 1. The summed E-state index contributed by atoms with van der Waals surface area (Å²) in [6.07, 6.45) is 0.249. The number of nitrogens with zero attached hydrogens (tertiary/aromatic N) is 1. The van der Waals surface area contributed by atoms with Crippen molar-refractivity contribution in [3.8, 4) is 0 Å². The molecule has 8 heteroatoms. The molecule has 0 aromatic carbocycles. The molecule has 1 heterocycles.